The minimum Gasteiger partial charge on any atom is -0.481 e. The van der Waals surface area contributed by atoms with Gasteiger partial charge in [-0.05, 0) is 49.1 Å². The van der Waals surface area contributed by atoms with Crippen molar-refractivity contribution < 1.29 is 41.4 Å². The fourth-order valence-corrected chi connectivity index (χ4v) is 7.23. The molecule has 7 nitrogen and oxygen atoms in total. The van der Waals surface area contributed by atoms with Gasteiger partial charge in [-0.1, -0.05) is 29.3 Å². The number of carboxylic acid groups (broad SMARTS) is 1. The van der Waals surface area contributed by atoms with Crippen molar-refractivity contribution in [2.24, 2.45) is 17.8 Å². The number of nitrogens with zero attached hydrogens (tertiary/aromatic N) is 2. The number of anilines is 2. The molecule has 1 aliphatic carbocycles. The Morgan fingerprint density at radius 2 is 1.85 bits per heavy atom. The van der Waals surface area contributed by atoms with Gasteiger partial charge in [0, 0.05) is 35.3 Å². The minimum absolute atomic E-state index is 0.00194. The van der Waals surface area contributed by atoms with Crippen LogP contribution in [0.4, 0.5) is 33.3 Å². The SMILES string of the molecule is O=C(O)C1[C@@H](C(=O)N(CC2CC2)c2cccc(C(F)(F)F)c2)[C@H]2CC(F)(F)CN2[C@]12C(=O)Nc1c(Cl)cc(Cl)cc12. The van der Waals surface area contributed by atoms with Gasteiger partial charge in [0.25, 0.3) is 11.8 Å². The lowest BCUT2D eigenvalue weighted by Crippen LogP contribution is -2.54. The quantitative estimate of drug-likeness (QED) is 0.424. The second kappa shape index (κ2) is 9.27. The smallest absolute Gasteiger partial charge is 0.416 e. The topological polar surface area (TPSA) is 90.0 Å². The molecule has 2 aromatic carbocycles. The molecule has 3 fully saturated rings. The Bertz CT molecular complexity index is 1480. The van der Waals surface area contributed by atoms with E-state index < -0.39 is 71.8 Å². The Morgan fingerprint density at radius 3 is 2.49 bits per heavy atom. The third-order valence-electron chi connectivity index (χ3n) is 8.48. The largest absolute Gasteiger partial charge is 0.481 e. The van der Waals surface area contributed by atoms with Gasteiger partial charge < -0.3 is 15.3 Å². The molecule has 2 saturated heterocycles. The van der Waals surface area contributed by atoms with Crippen LogP contribution in [0.2, 0.25) is 10.0 Å². The third kappa shape index (κ3) is 4.37. The van der Waals surface area contributed by atoms with Crippen molar-refractivity contribution in [3.63, 3.8) is 0 Å². The molecule has 14 heteroatoms. The van der Waals surface area contributed by atoms with E-state index in [1.165, 1.54) is 18.2 Å². The highest BCUT2D eigenvalue weighted by Crippen LogP contribution is 2.61. The molecule has 2 amide bonds. The second-order valence-corrected chi connectivity index (χ2v) is 11.9. The van der Waals surface area contributed by atoms with Crippen LogP contribution in [0.3, 0.4) is 0 Å². The molecule has 1 unspecified atom stereocenters. The van der Waals surface area contributed by atoms with Crippen molar-refractivity contribution in [3.05, 3.63) is 57.6 Å². The predicted octanol–water partition coefficient (Wildman–Crippen LogP) is 5.64. The Labute approximate surface area is 240 Å². The molecule has 6 rings (SSSR count). The highest BCUT2D eigenvalue weighted by Gasteiger charge is 2.74. The molecule has 41 heavy (non-hydrogen) atoms. The normalized spacial score (nSPS) is 28.5. The summed E-state index contributed by atoms with van der Waals surface area (Å²) in [6.45, 7) is -1.05. The van der Waals surface area contributed by atoms with Crippen molar-refractivity contribution in [2.75, 3.05) is 23.3 Å². The first-order chi connectivity index (χ1) is 19.1. The van der Waals surface area contributed by atoms with Crippen LogP contribution in [0.25, 0.3) is 0 Å². The van der Waals surface area contributed by atoms with Crippen LogP contribution < -0.4 is 10.2 Å². The number of fused-ring (bicyclic) bond motifs is 4. The van der Waals surface area contributed by atoms with Crippen LogP contribution >= 0.6 is 23.2 Å². The maximum absolute atomic E-state index is 15.0. The summed E-state index contributed by atoms with van der Waals surface area (Å²) in [5.74, 6) is -10.5. The fourth-order valence-electron chi connectivity index (χ4n) is 6.69. The highest BCUT2D eigenvalue weighted by molar-refractivity contribution is 6.38. The number of carbonyl (C=O) groups excluding carboxylic acids is 2. The molecule has 0 bridgehead atoms. The standard InChI is InChI=1S/C27H22Cl2F5N3O4/c28-14-7-16-21(17(29)8-14)35-24(41)26(16)20(23(39)40)19(18-9-25(30,31)11-37(18)26)22(38)36(10-12-4-5-12)15-3-1-2-13(6-15)27(32,33)34/h1-3,6-8,12,18-20H,4-5,9-11H2,(H,35,41)(H,39,40)/t18-,19+,20?,26+/m1/s1. The molecular formula is C27H22Cl2F5N3O4. The molecule has 2 N–H and O–H groups in total. The molecule has 0 radical (unpaired) electrons. The summed E-state index contributed by atoms with van der Waals surface area (Å²) >= 11 is 12.5. The van der Waals surface area contributed by atoms with Gasteiger partial charge in [0.05, 0.1) is 28.7 Å². The average molecular weight is 618 g/mol. The Kier molecular flexibility index (Phi) is 6.37. The summed E-state index contributed by atoms with van der Waals surface area (Å²) in [4.78, 5) is 43.2. The Hall–Kier alpha value is -2.96. The molecule has 4 aliphatic rings. The Morgan fingerprint density at radius 1 is 1.15 bits per heavy atom. The zero-order valence-electron chi connectivity index (χ0n) is 21.0. The second-order valence-electron chi connectivity index (χ2n) is 11.1. The molecule has 3 aliphatic heterocycles. The van der Waals surface area contributed by atoms with E-state index >= 15 is 8.78 Å². The molecular weight excluding hydrogens is 596 g/mol. The van der Waals surface area contributed by atoms with Gasteiger partial charge >= 0.3 is 12.1 Å². The number of amides is 2. The zero-order chi connectivity index (χ0) is 29.6. The van der Waals surface area contributed by atoms with Crippen LogP contribution in [-0.4, -0.2) is 52.8 Å². The summed E-state index contributed by atoms with van der Waals surface area (Å²) in [5, 5.41) is 13.0. The molecule has 2 aromatic rings. The summed E-state index contributed by atoms with van der Waals surface area (Å²) in [5.41, 5.74) is -3.47. The average Bonchev–Trinajstić information content (AvgIpc) is 3.50. The lowest BCUT2D eigenvalue weighted by molar-refractivity contribution is -0.153. The first-order valence-corrected chi connectivity index (χ1v) is 13.6. The first-order valence-electron chi connectivity index (χ1n) is 12.8. The van der Waals surface area contributed by atoms with Crippen LogP contribution in [-0.2, 0) is 26.1 Å². The van der Waals surface area contributed by atoms with E-state index in [0.29, 0.717) is 12.8 Å². The number of aliphatic carboxylic acids is 1. The summed E-state index contributed by atoms with van der Waals surface area (Å²) in [6.07, 6.45) is -4.26. The lowest BCUT2D eigenvalue weighted by Gasteiger charge is -2.36. The number of hydrogen-bond acceptors (Lipinski definition) is 4. The van der Waals surface area contributed by atoms with E-state index in [9.17, 15) is 32.7 Å². The maximum atomic E-state index is 15.0. The number of carbonyl (C=O) groups is 3. The number of benzene rings is 2. The van der Waals surface area contributed by atoms with Crippen molar-refractivity contribution >= 4 is 52.4 Å². The van der Waals surface area contributed by atoms with Gasteiger partial charge in [-0.2, -0.15) is 13.2 Å². The van der Waals surface area contributed by atoms with Crippen LogP contribution in [0.5, 0.6) is 0 Å². The predicted molar refractivity (Wildman–Crippen MR) is 138 cm³/mol. The number of carboxylic acids is 1. The number of rotatable bonds is 5. The highest BCUT2D eigenvalue weighted by atomic mass is 35.5. The summed E-state index contributed by atoms with van der Waals surface area (Å²) in [7, 11) is 0. The van der Waals surface area contributed by atoms with E-state index in [0.717, 1.165) is 28.0 Å². The van der Waals surface area contributed by atoms with E-state index in [1.54, 1.807) is 0 Å². The third-order valence-corrected chi connectivity index (χ3v) is 8.99. The zero-order valence-corrected chi connectivity index (χ0v) is 22.5. The van der Waals surface area contributed by atoms with Crippen LogP contribution in [0, 0.1) is 17.8 Å². The van der Waals surface area contributed by atoms with Gasteiger partial charge in [-0.3, -0.25) is 19.3 Å². The molecule has 4 atom stereocenters. The van der Waals surface area contributed by atoms with Crippen molar-refractivity contribution in [1.29, 1.82) is 0 Å². The van der Waals surface area contributed by atoms with Gasteiger partial charge in [0.2, 0.25) is 5.91 Å². The molecule has 1 spiro atoms. The summed E-state index contributed by atoms with van der Waals surface area (Å²) in [6, 6.07) is 5.17. The van der Waals surface area contributed by atoms with E-state index in [2.05, 4.69) is 5.32 Å². The maximum Gasteiger partial charge on any atom is 0.416 e. The number of halogens is 7. The van der Waals surface area contributed by atoms with E-state index in [4.69, 9.17) is 23.2 Å². The van der Waals surface area contributed by atoms with Gasteiger partial charge in [0.1, 0.15) is 11.5 Å². The molecule has 3 heterocycles. The van der Waals surface area contributed by atoms with Crippen molar-refractivity contribution in [1.82, 2.24) is 4.90 Å². The Balaban J connectivity index is 1.53. The summed E-state index contributed by atoms with van der Waals surface area (Å²) < 4.78 is 70.7. The first kappa shape index (κ1) is 28.2. The van der Waals surface area contributed by atoms with Crippen LogP contribution in [0.15, 0.2) is 36.4 Å². The van der Waals surface area contributed by atoms with Crippen molar-refractivity contribution in [3.8, 4) is 0 Å². The minimum atomic E-state index is -4.72. The van der Waals surface area contributed by atoms with Crippen LogP contribution in [0.1, 0.15) is 30.4 Å². The van der Waals surface area contributed by atoms with Gasteiger partial charge in [-0.15, -0.1) is 0 Å². The molecule has 1 saturated carbocycles. The number of nitrogens with one attached hydrogen (secondary N) is 1. The molecule has 0 aromatic heterocycles. The molecule has 218 valence electrons. The number of hydrogen-bond donors (Lipinski definition) is 2. The van der Waals surface area contributed by atoms with Gasteiger partial charge in [0.15, 0.2) is 0 Å². The van der Waals surface area contributed by atoms with E-state index in [1.807, 2.05) is 0 Å². The van der Waals surface area contributed by atoms with Gasteiger partial charge in [-0.25, -0.2) is 8.78 Å². The van der Waals surface area contributed by atoms with Crippen molar-refractivity contribution in [2.45, 2.75) is 42.9 Å². The number of alkyl halides is 5. The lowest BCUT2D eigenvalue weighted by atomic mass is 9.73. The monoisotopic (exact) mass is 617 g/mol. The fraction of sp³-hybridized carbons (Fsp3) is 0.444. The van der Waals surface area contributed by atoms with E-state index in [-0.39, 0.29) is 39.4 Å².